The molecule has 0 unspecified atom stereocenters. The summed E-state index contributed by atoms with van der Waals surface area (Å²) in [4.78, 5) is 0. The quantitative estimate of drug-likeness (QED) is 0.712. The number of nitrogen functional groups attached to an aromatic ring is 1. The highest BCUT2D eigenvalue weighted by atomic mass is 79.9. The van der Waals surface area contributed by atoms with Crippen LogP contribution in [0, 0.1) is 20.8 Å². The van der Waals surface area contributed by atoms with Crippen molar-refractivity contribution in [3.8, 4) is 22.4 Å². The summed E-state index contributed by atoms with van der Waals surface area (Å²) in [7, 11) is 0. The van der Waals surface area contributed by atoms with Gasteiger partial charge in [0.25, 0.3) is 0 Å². The molecule has 21 heavy (non-hydrogen) atoms. The van der Waals surface area contributed by atoms with Crippen LogP contribution in [-0.2, 0) is 0 Å². The van der Waals surface area contributed by atoms with Crippen molar-refractivity contribution in [2.75, 3.05) is 5.73 Å². The molecule has 1 aromatic carbocycles. The summed E-state index contributed by atoms with van der Waals surface area (Å²) < 4.78 is 6.71. The van der Waals surface area contributed by atoms with E-state index < -0.39 is 0 Å². The van der Waals surface area contributed by atoms with Crippen LogP contribution in [0.2, 0.25) is 0 Å². The van der Waals surface area contributed by atoms with Crippen LogP contribution in [0.4, 0.5) is 5.82 Å². The van der Waals surface area contributed by atoms with Gasteiger partial charge in [-0.05, 0) is 32.4 Å². The van der Waals surface area contributed by atoms with E-state index in [0.717, 1.165) is 43.9 Å². The Morgan fingerprint density at radius 3 is 2.43 bits per heavy atom. The number of hydrogen-bond acceptors (Lipinski definition) is 3. The summed E-state index contributed by atoms with van der Waals surface area (Å²) in [5, 5.41) is 7.25. The van der Waals surface area contributed by atoms with E-state index in [-0.39, 0.29) is 0 Å². The smallest absolute Gasteiger partial charge is 0.153 e. The van der Waals surface area contributed by atoms with Gasteiger partial charge in [-0.2, -0.15) is 5.10 Å². The molecule has 0 aliphatic rings. The first kappa shape index (κ1) is 13.9. The second-order valence-corrected chi connectivity index (χ2v) is 5.91. The lowest BCUT2D eigenvalue weighted by molar-refractivity contribution is 0.503. The Kier molecular flexibility index (Phi) is 3.37. The summed E-state index contributed by atoms with van der Waals surface area (Å²) in [5.74, 6) is 2.25. The maximum atomic E-state index is 6.09. The van der Waals surface area contributed by atoms with Crippen LogP contribution in [0.15, 0.2) is 33.2 Å². The van der Waals surface area contributed by atoms with Gasteiger partial charge in [0, 0.05) is 15.6 Å². The minimum Gasteiger partial charge on any atom is -0.466 e. The predicted octanol–water partition coefficient (Wildman–Crippen LogP) is 4.61. The molecule has 3 N–H and O–H groups in total. The first-order valence-corrected chi connectivity index (χ1v) is 7.45. The molecule has 0 amide bonds. The molecule has 0 aliphatic heterocycles. The Balaban J connectivity index is 2.30. The Labute approximate surface area is 131 Å². The highest BCUT2D eigenvalue weighted by molar-refractivity contribution is 9.10. The number of nitrogens with one attached hydrogen (secondary N) is 1. The molecule has 0 atom stereocenters. The van der Waals surface area contributed by atoms with Crippen molar-refractivity contribution < 1.29 is 4.42 Å². The van der Waals surface area contributed by atoms with Gasteiger partial charge in [0.2, 0.25) is 0 Å². The maximum Gasteiger partial charge on any atom is 0.153 e. The SMILES string of the molecule is Cc1oc(C)c(-c2[nH]nc(N)c2-c2ccccc2Br)c1C. The number of aromatic amines is 1. The summed E-state index contributed by atoms with van der Waals surface area (Å²) >= 11 is 3.58. The molecule has 4 nitrogen and oxygen atoms in total. The molecule has 0 saturated carbocycles. The van der Waals surface area contributed by atoms with Gasteiger partial charge in [-0.15, -0.1) is 0 Å². The molecule has 108 valence electrons. The average molecular weight is 346 g/mol. The number of furan rings is 1. The third-order valence-corrected chi connectivity index (χ3v) is 4.44. The predicted molar refractivity (Wildman–Crippen MR) is 88.0 cm³/mol. The van der Waals surface area contributed by atoms with Crippen LogP contribution in [0.1, 0.15) is 17.1 Å². The van der Waals surface area contributed by atoms with E-state index in [4.69, 9.17) is 10.2 Å². The fraction of sp³-hybridized carbons (Fsp3) is 0.188. The molecule has 0 saturated heterocycles. The largest absolute Gasteiger partial charge is 0.466 e. The van der Waals surface area contributed by atoms with Crippen LogP contribution in [-0.4, -0.2) is 10.2 Å². The van der Waals surface area contributed by atoms with E-state index in [2.05, 4.69) is 26.1 Å². The summed E-state index contributed by atoms with van der Waals surface area (Å²) in [6.45, 7) is 5.96. The third-order valence-electron chi connectivity index (χ3n) is 3.75. The number of aryl methyl sites for hydroxylation is 2. The molecule has 0 spiro atoms. The van der Waals surface area contributed by atoms with Crippen LogP contribution in [0.3, 0.4) is 0 Å². The van der Waals surface area contributed by atoms with Crippen molar-refractivity contribution in [2.24, 2.45) is 0 Å². The standard InChI is InChI=1S/C16H16BrN3O/c1-8-9(2)21-10(3)13(8)15-14(16(18)20-19-15)11-6-4-5-7-12(11)17/h4-7H,1-3H3,(H3,18,19,20). The van der Waals surface area contributed by atoms with Gasteiger partial charge >= 0.3 is 0 Å². The highest BCUT2D eigenvalue weighted by Gasteiger charge is 2.22. The zero-order valence-corrected chi connectivity index (χ0v) is 13.7. The van der Waals surface area contributed by atoms with Gasteiger partial charge in [0.1, 0.15) is 11.5 Å². The molecule has 0 aliphatic carbocycles. The van der Waals surface area contributed by atoms with E-state index in [1.54, 1.807) is 0 Å². The number of rotatable bonds is 2. The minimum absolute atomic E-state index is 0.481. The summed E-state index contributed by atoms with van der Waals surface area (Å²) in [5.41, 5.74) is 11.0. The van der Waals surface area contributed by atoms with Crippen molar-refractivity contribution in [3.05, 3.63) is 45.8 Å². The van der Waals surface area contributed by atoms with Crippen molar-refractivity contribution in [2.45, 2.75) is 20.8 Å². The van der Waals surface area contributed by atoms with Gasteiger partial charge in [-0.25, -0.2) is 0 Å². The Hall–Kier alpha value is -2.01. The highest BCUT2D eigenvalue weighted by Crippen LogP contribution is 2.41. The Bertz CT molecular complexity index is 817. The summed E-state index contributed by atoms with van der Waals surface area (Å²) in [6, 6.07) is 7.97. The van der Waals surface area contributed by atoms with Gasteiger partial charge in [0.05, 0.1) is 11.3 Å². The second kappa shape index (κ2) is 5.07. The monoisotopic (exact) mass is 345 g/mol. The van der Waals surface area contributed by atoms with Crippen LogP contribution < -0.4 is 5.73 Å². The van der Waals surface area contributed by atoms with Gasteiger partial charge in [0.15, 0.2) is 5.82 Å². The molecule has 2 heterocycles. The number of H-pyrrole nitrogens is 1. The molecule has 0 fully saturated rings. The molecule has 0 radical (unpaired) electrons. The third kappa shape index (κ3) is 2.17. The molecule has 3 aromatic rings. The molecule has 0 bridgehead atoms. The molecular weight excluding hydrogens is 330 g/mol. The average Bonchev–Trinajstić information content (AvgIpc) is 2.92. The van der Waals surface area contributed by atoms with Crippen LogP contribution >= 0.6 is 15.9 Å². The topological polar surface area (TPSA) is 67.8 Å². The number of nitrogens with zero attached hydrogens (tertiary/aromatic N) is 1. The Morgan fingerprint density at radius 2 is 1.81 bits per heavy atom. The number of hydrogen-bond donors (Lipinski definition) is 2. The molecular formula is C16H16BrN3O. The number of benzene rings is 1. The second-order valence-electron chi connectivity index (χ2n) is 5.05. The molecule has 2 aromatic heterocycles. The first-order valence-electron chi connectivity index (χ1n) is 6.66. The molecule has 3 rings (SSSR count). The van der Waals surface area contributed by atoms with Crippen molar-refractivity contribution in [1.29, 1.82) is 0 Å². The number of halogens is 1. The van der Waals surface area contributed by atoms with Gasteiger partial charge < -0.3 is 10.2 Å². The van der Waals surface area contributed by atoms with Crippen molar-refractivity contribution in [1.82, 2.24) is 10.2 Å². The first-order chi connectivity index (χ1) is 10.0. The fourth-order valence-corrected chi connectivity index (χ4v) is 3.12. The number of aromatic nitrogens is 2. The van der Waals surface area contributed by atoms with E-state index in [0.29, 0.717) is 5.82 Å². The van der Waals surface area contributed by atoms with E-state index in [9.17, 15) is 0 Å². The maximum absolute atomic E-state index is 6.09. The zero-order chi connectivity index (χ0) is 15.1. The van der Waals surface area contributed by atoms with Gasteiger partial charge in [-0.1, -0.05) is 34.1 Å². The number of anilines is 1. The normalized spacial score (nSPS) is 11.0. The van der Waals surface area contributed by atoms with Crippen molar-refractivity contribution >= 4 is 21.7 Å². The van der Waals surface area contributed by atoms with Gasteiger partial charge in [-0.3, -0.25) is 5.10 Å². The van der Waals surface area contributed by atoms with E-state index in [1.165, 1.54) is 0 Å². The van der Waals surface area contributed by atoms with E-state index >= 15 is 0 Å². The number of nitrogens with two attached hydrogens (primary N) is 1. The minimum atomic E-state index is 0.481. The fourth-order valence-electron chi connectivity index (χ4n) is 2.63. The van der Waals surface area contributed by atoms with Crippen LogP contribution in [0.25, 0.3) is 22.4 Å². The lowest BCUT2D eigenvalue weighted by Crippen LogP contribution is -1.90. The summed E-state index contributed by atoms with van der Waals surface area (Å²) in [6.07, 6.45) is 0. The molecule has 5 heteroatoms. The van der Waals surface area contributed by atoms with Crippen LogP contribution in [0.5, 0.6) is 0 Å². The lowest BCUT2D eigenvalue weighted by Gasteiger charge is -2.07. The van der Waals surface area contributed by atoms with E-state index in [1.807, 2.05) is 45.0 Å². The Morgan fingerprint density at radius 1 is 1.10 bits per heavy atom. The lowest BCUT2D eigenvalue weighted by atomic mass is 9.98. The zero-order valence-electron chi connectivity index (χ0n) is 12.1. The van der Waals surface area contributed by atoms with Crippen molar-refractivity contribution in [3.63, 3.8) is 0 Å².